The van der Waals surface area contributed by atoms with E-state index in [1.807, 2.05) is 0 Å². The molecule has 1 amide bonds. The van der Waals surface area contributed by atoms with Crippen LogP contribution in [0.4, 0.5) is 5.69 Å². The highest BCUT2D eigenvalue weighted by Gasteiger charge is 2.31. The highest BCUT2D eigenvalue weighted by Crippen LogP contribution is 2.32. The lowest BCUT2D eigenvalue weighted by molar-refractivity contribution is -0.384. The summed E-state index contributed by atoms with van der Waals surface area (Å²) < 4.78 is 1.49. The molecule has 1 atom stereocenters. The van der Waals surface area contributed by atoms with Gasteiger partial charge in [-0.3, -0.25) is 14.9 Å². The van der Waals surface area contributed by atoms with E-state index >= 15 is 0 Å². The second kappa shape index (κ2) is 6.40. The second-order valence-corrected chi connectivity index (χ2v) is 6.04. The first-order valence-corrected chi connectivity index (χ1v) is 7.68. The largest absolute Gasteiger partial charge is 0.391 e. The molecule has 8 nitrogen and oxygen atoms in total. The summed E-state index contributed by atoms with van der Waals surface area (Å²) in [7, 11) is 1.65. The third-order valence-electron chi connectivity index (χ3n) is 4.13. The maximum Gasteiger partial charge on any atom is 0.269 e. The lowest BCUT2D eigenvalue weighted by Crippen LogP contribution is -2.35. The third-order valence-corrected chi connectivity index (χ3v) is 4.13. The summed E-state index contributed by atoms with van der Waals surface area (Å²) in [5.74, 6) is 0.0888. The minimum Gasteiger partial charge on any atom is -0.391 e. The lowest BCUT2D eigenvalue weighted by atomic mass is 10.2. The van der Waals surface area contributed by atoms with Crippen LogP contribution in [-0.2, 0) is 0 Å². The van der Waals surface area contributed by atoms with Crippen molar-refractivity contribution in [2.24, 2.45) is 5.92 Å². The van der Waals surface area contributed by atoms with Crippen LogP contribution in [0, 0.1) is 16.0 Å². The van der Waals surface area contributed by atoms with E-state index in [0.717, 1.165) is 12.8 Å². The number of aromatic nitrogens is 2. The summed E-state index contributed by atoms with van der Waals surface area (Å²) in [6.45, 7) is 0.298. The van der Waals surface area contributed by atoms with E-state index in [-0.39, 0.29) is 11.6 Å². The molecule has 1 unspecified atom stereocenters. The van der Waals surface area contributed by atoms with Gasteiger partial charge in [0.1, 0.15) is 0 Å². The van der Waals surface area contributed by atoms with E-state index in [1.165, 1.54) is 27.9 Å². The summed E-state index contributed by atoms with van der Waals surface area (Å²) >= 11 is 0. The first-order valence-electron chi connectivity index (χ1n) is 7.68. The number of hydrogen-bond acceptors (Lipinski definition) is 5. The molecule has 1 aromatic heterocycles. The molecule has 1 N–H and O–H groups in total. The predicted molar refractivity (Wildman–Crippen MR) is 85.9 cm³/mol. The van der Waals surface area contributed by atoms with Crippen molar-refractivity contribution in [2.75, 3.05) is 13.6 Å². The number of nitro benzene ring substituents is 1. The number of benzene rings is 1. The number of rotatable bonds is 6. The van der Waals surface area contributed by atoms with Gasteiger partial charge >= 0.3 is 0 Å². The molecule has 126 valence electrons. The van der Waals surface area contributed by atoms with Crippen molar-refractivity contribution in [3.05, 3.63) is 52.3 Å². The van der Waals surface area contributed by atoms with Crippen LogP contribution in [0.15, 0.2) is 36.7 Å². The van der Waals surface area contributed by atoms with Crippen LogP contribution in [0.5, 0.6) is 0 Å². The van der Waals surface area contributed by atoms with E-state index in [4.69, 9.17) is 0 Å². The van der Waals surface area contributed by atoms with Gasteiger partial charge in [0.2, 0.25) is 0 Å². The molecule has 1 saturated carbocycles. The summed E-state index contributed by atoms with van der Waals surface area (Å²) in [6.07, 6.45) is 4.57. The maximum absolute atomic E-state index is 12.4. The van der Waals surface area contributed by atoms with E-state index in [2.05, 4.69) is 5.10 Å². The van der Waals surface area contributed by atoms with Crippen molar-refractivity contribution in [2.45, 2.75) is 18.9 Å². The van der Waals surface area contributed by atoms with Gasteiger partial charge < -0.3 is 10.0 Å². The summed E-state index contributed by atoms with van der Waals surface area (Å²) in [5.41, 5.74) is 1.02. The first-order chi connectivity index (χ1) is 11.5. The molecular weight excluding hydrogens is 312 g/mol. The fourth-order valence-corrected chi connectivity index (χ4v) is 2.52. The molecule has 0 saturated heterocycles. The van der Waals surface area contributed by atoms with Crippen molar-refractivity contribution in [1.82, 2.24) is 14.7 Å². The monoisotopic (exact) mass is 330 g/mol. The van der Waals surface area contributed by atoms with Crippen molar-refractivity contribution in [1.29, 1.82) is 0 Å². The molecular formula is C16H18N4O4. The van der Waals surface area contributed by atoms with Crippen molar-refractivity contribution in [3.63, 3.8) is 0 Å². The van der Waals surface area contributed by atoms with Gasteiger partial charge in [-0.05, 0) is 30.9 Å². The topological polar surface area (TPSA) is 102 Å². The first kappa shape index (κ1) is 16.1. The highest BCUT2D eigenvalue weighted by molar-refractivity contribution is 5.93. The van der Waals surface area contributed by atoms with Crippen LogP contribution in [0.2, 0.25) is 0 Å². The number of non-ortho nitro benzene ring substituents is 1. The Hall–Kier alpha value is -2.74. The SMILES string of the molecule is CN(CC(O)C1CC1)C(=O)c1cnn(-c2ccc([N+](=O)[O-])cc2)c1. The quantitative estimate of drug-likeness (QED) is 0.640. The number of nitrogens with zero attached hydrogens (tertiary/aromatic N) is 4. The van der Waals surface area contributed by atoms with Gasteiger partial charge in [0, 0.05) is 31.9 Å². The fraction of sp³-hybridized carbons (Fsp3) is 0.375. The lowest BCUT2D eigenvalue weighted by Gasteiger charge is -2.19. The van der Waals surface area contributed by atoms with Crippen LogP contribution in [0.25, 0.3) is 5.69 Å². The van der Waals surface area contributed by atoms with Gasteiger partial charge in [-0.1, -0.05) is 0 Å². The van der Waals surface area contributed by atoms with Gasteiger partial charge in [-0.2, -0.15) is 5.10 Å². The van der Waals surface area contributed by atoms with Crippen LogP contribution in [-0.4, -0.2) is 50.3 Å². The molecule has 0 bridgehead atoms. The Morgan fingerprint density at radius 1 is 1.46 bits per heavy atom. The Labute approximate surface area is 138 Å². The highest BCUT2D eigenvalue weighted by atomic mass is 16.6. The van der Waals surface area contributed by atoms with Gasteiger partial charge in [-0.15, -0.1) is 0 Å². The number of carbonyl (C=O) groups excluding carboxylic acids is 1. The Morgan fingerprint density at radius 2 is 2.12 bits per heavy atom. The molecule has 1 aliphatic carbocycles. The predicted octanol–water partition coefficient (Wildman–Crippen LogP) is 1.62. The van der Waals surface area contributed by atoms with Gasteiger partial charge in [0.15, 0.2) is 0 Å². The fourth-order valence-electron chi connectivity index (χ4n) is 2.52. The number of aliphatic hydroxyl groups excluding tert-OH is 1. The van der Waals surface area contributed by atoms with Crippen LogP contribution in [0.1, 0.15) is 23.2 Å². The minimum absolute atomic E-state index is 0.00370. The van der Waals surface area contributed by atoms with Gasteiger partial charge in [-0.25, -0.2) is 4.68 Å². The van der Waals surface area contributed by atoms with E-state index in [1.54, 1.807) is 25.4 Å². The minimum atomic E-state index is -0.483. The Balaban J connectivity index is 1.69. The number of amides is 1. The zero-order chi connectivity index (χ0) is 17.3. The molecule has 24 heavy (non-hydrogen) atoms. The van der Waals surface area contributed by atoms with Crippen LogP contribution < -0.4 is 0 Å². The number of nitro groups is 1. The van der Waals surface area contributed by atoms with Gasteiger partial charge in [0.25, 0.3) is 11.6 Å². The van der Waals surface area contributed by atoms with E-state index < -0.39 is 11.0 Å². The van der Waals surface area contributed by atoms with E-state index in [9.17, 15) is 20.0 Å². The smallest absolute Gasteiger partial charge is 0.269 e. The number of hydrogen-bond donors (Lipinski definition) is 1. The maximum atomic E-state index is 12.4. The average Bonchev–Trinajstić information content (AvgIpc) is 3.31. The second-order valence-electron chi connectivity index (χ2n) is 6.04. The zero-order valence-corrected chi connectivity index (χ0v) is 13.2. The number of carbonyl (C=O) groups is 1. The molecule has 2 aromatic rings. The molecule has 0 radical (unpaired) electrons. The molecule has 1 aromatic carbocycles. The number of likely N-dealkylation sites (N-methyl/N-ethyl adjacent to an activating group) is 1. The standard InChI is InChI=1S/C16H18N4O4/c1-18(10-15(21)11-2-3-11)16(22)12-8-17-19(9-12)13-4-6-14(7-5-13)20(23)24/h4-9,11,15,21H,2-3,10H2,1H3. The van der Waals surface area contributed by atoms with Crippen LogP contribution in [0.3, 0.4) is 0 Å². The third kappa shape index (κ3) is 3.43. The molecule has 3 rings (SSSR count). The zero-order valence-electron chi connectivity index (χ0n) is 13.2. The Bertz CT molecular complexity index is 752. The molecule has 1 heterocycles. The van der Waals surface area contributed by atoms with Crippen molar-refractivity contribution >= 4 is 11.6 Å². The van der Waals surface area contributed by atoms with Crippen molar-refractivity contribution in [3.8, 4) is 5.69 Å². The molecule has 0 aliphatic heterocycles. The summed E-state index contributed by atoms with van der Waals surface area (Å²) in [4.78, 5) is 24.1. The summed E-state index contributed by atoms with van der Waals surface area (Å²) in [6, 6.07) is 5.91. The van der Waals surface area contributed by atoms with Crippen LogP contribution >= 0.6 is 0 Å². The molecule has 1 aliphatic rings. The molecule has 1 fully saturated rings. The summed E-state index contributed by atoms with van der Waals surface area (Å²) in [5, 5.41) is 24.7. The van der Waals surface area contributed by atoms with E-state index in [0.29, 0.717) is 23.7 Å². The van der Waals surface area contributed by atoms with Gasteiger partial charge in [0.05, 0.1) is 28.5 Å². The Morgan fingerprint density at radius 3 is 2.71 bits per heavy atom. The Kier molecular flexibility index (Phi) is 4.30. The molecule has 0 spiro atoms. The van der Waals surface area contributed by atoms with Crippen molar-refractivity contribution < 1.29 is 14.8 Å². The average molecular weight is 330 g/mol. The molecule has 8 heteroatoms. The normalized spacial score (nSPS) is 15.1. The number of aliphatic hydroxyl groups is 1.